The number of hydrogen-bond acceptors (Lipinski definition) is 5. The van der Waals surface area contributed by atoms with Crippen molar-refractivity contribution >= 4 is 5.91 Å². The molecular formula is C21H27N3O4. The van der Waals surface area contributed by atoms with Crippen LogP contribution < -0.4 is 15.6 Å². The van der Waals surface area contributed by atoms with Crippen LogP contribution in [0, 0.1) is 20.8 Å². The fourth-order valence-electron chi connectivity index (χ4n) is 3.59. The van der Waals surface area contributed by atoms with Crippen molar-refractivity contribution in [2.24, 2.45) is 0 Å². The van der Waals surface area contributed by atoms with Gasteiger partial charge in [0.15, 0.2) is 0 Å². The Morgan fingerprint density at radius 1 is 1.36 bits per heavy atom. The summed E-state index contributed by atoms with van der Waals surface area (Å²) in [5, 5.41) is 2.83. The largest absolute Gasteiger partial charge is 0.496 e. The second-order valence-corrected chi connectivity index (χ2v) is 7.20. The van der Waals surface area contributed by atoms with Crippen LogP contribution in [0.3, 0.4) is 0 Å². The van der Waals surface area contributed by atoms with E-state index in [2.05, 4.69) is 10.3 Å². The molecule has 1 saturated heterocycles. The standard InChI is InChI=1S/C21H27N3O4/c1-13-7-8-24(12-16-6-5-9-28-16)21(26)18(13)20(25)23-11-17-15(3)19(27-4)14(2)10-22-17/h7-8,10,16H,5-6,9,11-12H2,1-4H3,(H,23,25). The van der Waals surface area contributed by atoms with Gasteiger partial charge in [0.05, 0.1) is 32.0 Å². The maximum Gasteiger partial charge on any atom is 0.263 e. The van der Waals surface area contributed by atoms with Crippen molar-refractivity contribution in [2.45, 2.75) is 52.8 Å². The summed E-state index contributed by atoms with van der Waals surface area (Å²) in [7, 11) is 1.61. The highest BCUT2D eigenvalue weighted by Gasteiger charge is 2.20. The highest BCUT2D eigenvalue weighted by atomic mass is 16.5. The van der Waals surface area contributed by atoms with Crippen molar-refractivity contribution in [3.8, 4) is 5.75 Å². The van der Waals surface area contributed by atoms with Gasteiger partial charge in [-0.15, -0.1) is 0 Å². The molecular weight excluding hydrogens is 358 g/mol. The van der Waals surface area contributed by atoms with E-state index in [4.69, 9.17) is 9.47 Å². The highest BCUT2D eigenvalue weighted by molar-refractivity contribution is 5.95. The van der Waals surface area contributed by atoms with E-state index >= 15 is 0 Å². The summed E-state index contributed by atoms with van der Waals surface area (Å²) in [5.74, 6) is 0.360. The van der Waals surface area contributed by atoms with Gasteiger partial charge >= 0.3 is 0 Å². The highest BCUT2D eigenvalue weighted by Crippen LogP contribution is 2.23. The van der Waals surface area contributed by atoms with Gasteiger partial charge in [0, 0.05) is 30.1 Å². The molecule has 0 spiro atoms. The first-order chi connectivity index (χ1) is 13.4. The van der Waals surface area contributed by atoms with Gasteiger partial charge in [-0.3, -0.25) is 14.6 Å². The summed E-state index contributed by atoms with van der Waals surface area (Å²) in [4.78, 5) is 30.0. The monoisotopic (exact) mass is 385 g/mol. The predicted molar refractivity (Wildman–Crippen MR) is 106 cm³/mol. The molecule has 3 heterocycles. The number of carbonyl (C=O) groups excluding carboxylic acids is 1. The molecule has 1 fully saturated rings. The number of aryl methyl sites for hydroxylation is 2. The molecule has 1 amide bonds. The van der Waals surface area contributed by atoms with Crippen molar-refractivity contribution < 1.29 is 14.3 Å². The van der Waals surface area contributed by atoms with Crippen molar-refractivity contribution in [1.29, 1.82) is 0 Å². The lowest BCUT2D eigenvalue weighted by Gasteiger charge is -2.15. The number of ether oxygens (including phenoxy) is 2. The molecule has 2 aromatic rings. The van der Waals surface area contributed by atoms with Crippen LogP contribution >= 0.6 is 0 Å². The average molecular weight is 385 g/mol. The number of hydrogen-bond donors (Lipinski definition) is 1. The van der Waals surface area contributed by atoms with Crippen LogP contribution in [0.15, 0.2) is 23.3 Å². The topological polar surface area (TPSA) is 82.4 Å². The molecule has 1 aliphatic rings. The average Bonchev–Trinajstić information content (AvgIpc) is 3.17. The van der Waals surface area contributed by atoms with Gasteiger partial charge in [-0.25, -0.2) is 0 Å². The fourth-order valence-corrected chi connectivity index (χ4v) is 3.59. The summed E-state index contributed by atoms with van der Waals surface area (Å²) in [6.07, 6.45) is 5.42. The van der Waals surface area contributed by atoms with Crippen LogP contribution in [-0.4, -0.2) is 35.3 Å². The number of nitrogens with one attached hydrogen (secondary N) is 1. The fraction of sp³-hybridized carbons (Fsp3) is 0.476. The van der Waals surface area contributed by atoms with Crippen molar-refractivity contribution in [1.82, 2.24) is 14.9 Å². The number of rotatable bonds is 6. The third kappa shape index (κ3) is 4.09. The van der Waals surface area contributed by atoms with Gasteiger partial charge < -0.3 is 19.4 Å². The van der Waals surface area contributed by atoms with Crippen LogP contribution in [0.2, 0.25) is 0 Å². The van der Waals surface area contributed by atoms with E-state index in [1.807, 2.05) is 13.8 Å². The SMILES string of the molecule is COc1c(C)cnc(CNC(=O)c2c(C)ccn(CC3CCCO3)c2=O)c1C. The van der Waals surface area contributed by atoms with E-state index in [0.29, 0.717) is 17.8 Å². The minimum absolute atomic E-state index is 0.0307. The van der Waals surface area contributed by atoms with Gasteiger partial charge in [0.1, 0.15) is 11.3 Å². The van der Waals surface area contributed by atoms with E-state index in [1.54, 1.807) is 37.1 Å². The van der Waals surface area contributed by atoms with Gasteiger partial charge in [0.2, 0.25) is 0 Å². The first-order valence-corrected chi connectivity index (χ1v) is 9.51. The molecule has 28 heavy (non-hydrogen) atoms. The van der Waals surface area contributed by atoms with Crippen LogP contribution in [0.25, 0.3) is 0 Å². The molecule has 7 heteroatoms. The van der Waals surface area contributed by atoms with Gasteiger partial charge in [0.25, 0.3) is 11.5 Å². The first kappa shape index (κ1) is 20.1. The van der Waals surface area contributed by atoms with E-state index in [0.717, 1.165) is 36.3 Å². The normalized spacial score (nSPS) is 16.2. The molecule has 1 N–H and O–H groups in total. The first-order valence-electron chi connectivity index (χ1n) is 9.51. The van der Waals surface area contributed by atoms with Crippen molar-refractivity contribution in [2.75, 3.05) is 13.7 Å². The van der Waals surface area contributed by atoms with E-state index < -0.39 is 5.91 Å². The second-order valence-electron chi connectivity index (χ2n) is 7.20. The maximum atomic E-state index is 12.9. The predicted octanol–water partition coefficient (Wildman–Crippen LogP) is 2.29. The Balaban J connectivity index is 1.78. The third-order valence-corrected chi connectivity index (χ3v) is 5.19. The molecule has 1 unspecified atom stereocenters. The maximum absolute atomic E-state index is 12.9. The van der Waals surface area contributed by atoms with E-state index in [1.165, 1.54) is 0 Å². The Labute approximate surface area is 164 Å². The molecule has 1 aliphatic heterocycles. The Kier molecular flexibility index (Phi) is 6.14. The number of amides is 1. The second kappa shape index (κ2) is 8.56. The van der Waals surface area contributed by atoms with Crippen molar-refractivity contribution in [3.05, 3.63) is 56.8 Å². The zero-order valence-electron chi connectivity index (χ0n) is 16.9. The number of carbonyl (C=O) groups is 1. The van der Waals surface area contributed by atoms with Crippen LogP contribution in [-0.2, 0) is 17.8 Å². The number of aromatic nitrogens is 2. The lowest BCUT2D eigenvalue weighted by molar-refractivity contribution is 0.0928. The Hall–Kier alpha value is -2.67. The van der Waals surface area contributed by atoms with Crippen molar-refractivity contribution in [3.63, 3.8) is 0 Å². The molecule has 7 nitrogen and oxygen atoms in total. The molecule has 150 valence electrons. The van der Waals surface area contributed by atoms with E-state index in [9.17, 15) is 9.59 Å². The Bertz CT molecular complexity index is 930. The molecule has 0 bridgehead atoms. The molecule has 0 aromatic carbocycles. The molecule has 0 radical (unpaired) electrons. The number of methoxy groups -OCH3 is 1. The summed E-state index contributed by atoms with van der Waals surface area (Å²) in [5.41, 5.74) is 3.05. The van der Waals surface area contributed by atoms with Crippen LogP contribution in [0.4, 0.5) is 0 Å². The Morgan fingerprint density at radius 2 is 2.14 bits per heavy atom. The summed E-state index contributed by atoms with van der Waals surface area (Å²) >= 11 is 0. The third-order valence-electron chi connectivity index (χ3n) is 5.19. The van der Waals surface area contributed by atoms with Crippen LogP contribution in [0.5, 0.6) is 5.75 Å². The summed E-state index contributed by atoms with van der Waals surface area (Å²) in [6, 6.07) is 1.80. The number of pyridine rings is 2. The lowest BCUT2D eigenvalue weighted by atomic mass is 10.1. The summed E-state index contributed by atoms with van der Waals surface area (Å²) < 4.78 is 12.6. The quantitative estimate of drug-likeness (QED) is 0.825. The smallest absolute Gasteiger partial charge is 0.263 e. The van der Waals surface area contributed by atoms with Gasteiger partial charge in [-0.2, -0.15) is 0 Å². The molecule has 3 rings (SSSR count). The zero-order chi connectivity index (χ0) is 20.3. The minimum atomic E-state index is -0.398. The Morgan fingerprint density at radius 3 is 2.82 bits per heavy atom. The summed E-state index contributed by atoms with van der Waals surface area (Å²) in [6.45, 7) is 7.01. The van der Waals surface area contributed by atoms with Gasteiger partial charge in [-0.1, -0.05) is 0 Å². The lowest BCUT2D eigenvalue weighted by Crippen LogP contribution is -2.35. The zero-order valence-corrected chi connectivity index (χ0v) is 16.9. The molecule has 1 atom stereocenters. The van der Waals surface area contributed by atoms with E-state index in [-0.39, 0.29) is 23.8 Å². The minimum Gasteiger partial charge on any atom is -0.496 e. The van der Waals surface area contributed by atoms with Gasteiger partial charge in [-0.05, 0) is 45.2 Å². The molecule has 2 aromatic heterocycles. The van der Waals surface area contributed by atoms with Crippen LogP contribution in [0.1, 0.15) is 45.6 Å². The molecule has 0 aliphatic carbocycles. The molecule has 0 saturated carbocycles. The number of nitrogens with zero attached hydrogens (tertiary/aromatic N) is 2.